The minimum atomic E-state index is -0.0821. The Kier molecular flexibility index (Phi) is 4.35. The summed E-state index contributed by atoms with van der Waals surface area (Å²) in [5, 5.41) is 1.26. The van der Waals surface area contributed by atoms with Crippen molar-refractivity contribution in [2.75, 3.05) is 7.11 Å². The summed E-state index contributed by atoms with van der Waals surface area (Å²) in [7, 11) is 1.59. The van der Waals surface area contributed by atoms with Crippen molar-refractivity contribution in [2.45, 2.75) is 13.0 Å². The van der Waals surface area contributed by atoms with Gasteiger partial charge in [-0.05, 0) is 41.8 Å². The lowest BCUT2D eigenvalue weighted by atomic mass is 10.0. The van der Waals surface area contributed by atoms with Gasteiger partial charge in [-0.2, -0.15) is 0 Å². The summed E-state index contributed by atoms with van der Waals surface area (Å²) in [5.41, 5.74) is 8.79. The van der Waals surface area contributed by atoms with Crippen LogP contribution in [-0.4, -0.2) is 7.11 Å². The van der Waals surface area contributed by atoms with Gasteiger partial charge in [-0.3, -0.25) is 0 Å². The minimum absolute atomic E-state index is 0.0821. The van der Waals surface area contributed by atoms with Crippen LogP contribution < -0.4 is 10.5 Å². The number of halogens is 2. The molecule has 0 amide bonds. The number of hydrogen-bond donors (Lipinski definition) is 1. The quantitative estimate of drug-likeness (QED) is 0.891. The van der Waals surface area contributed by atoms with Crippen molar-refractivity contribution in [1.29, 1.82) is 0 Å². The van der Waals surface area contributed by atoms with Crippen LogP contribution in [0.25, 0.3) is 11.1 Å². The Balaban J connectivity index is 2.45. The predicted molar refractivity (Wildman–Crippen MR) is 81.1 cm³/mol. The van der Waals surface area contributed by atoms with Gasteiger partial charge in [0.05, 0.1) is 12.1 Å². The standard InChI is InChI=1S/C15H15Cl2NO/c1-9(18)12-5-3-10(7-14(12)17)11-4-6-13(16)15(8-11)19-2/h3-9H,18H2,1-2H3. The zero-order valence-corrected chi connectivity index (χ0v) is 12.3. The predicted octanol–water partition coefficient (Wildman–Crippen LogP) is 4.69. The maximum Gasteiger partial charge on any atom is 0.138 e. The zero-order chi connectivity index (χ0) is 14.0. The van der Waals surface area contributed by atoms with Gasteiger partial charge in [0.15, 0.2) is 0 Å². The highest BCUT2D eigenvalue weighted by atomic mass is 35.5. The molecule has 0 radical (unpaired) electrons. The molecule has 0 aliphatic carbocycles. The van der Waals surface area contributed by atoms with Crippen molar-refractivity contribution in [2.24, 2.45) is 5.73 Å². The van der Waals surface area contributed by atoms with Crippen LogP contribution in [0.1, 0.15) is 18.5 Å². The first-order valence-electron chi connectivity index (χ1n) is 5.92. The average Bonchev–Trinajstić information content (AvgIpc) is 2.38. The van der Waals surface area contributed by atoms with E-state index in [-0.39, 0.29) is 6.04 Å². The summed E-state index contributed by atoms with van der Waals surface area (Å²) in [4.78, 5) is 0. The summed E-state index contributed by atoms with van der Waals surface area (Å²) in [6.45, 7) is 1.91. The lowest BCUT2D eigenvalue weighted by molar-refractivity contribution is 0.415. The Labute approximate surface area is 123 Å². The van der Waals surface area contributed by atoms with Crippen molar-refractivity contribution in [3.05, 3.63) is 52.0 Å². The van der Waals surface area contributed by atoms with E-state index in [4.69, 9.17) is 33.7 Å². The largest absolute Gasteiger partial charge is 0.495 e. The third kappa shape index (κ3) is 3.03. The first kappa shape index (κ1) is 14.2. The minimum Gasteiger partial charge on any atom is -0.495 e. The van der Waals surface area contributed by atoms with E-state index in [1.807, 2.05) is 43.3 Å². The molecule has 2 aromatic rings. The third-order valence-electron chi connectivity index (χ3n) is 2.98. The number of rotatable bonds is 3. The molecule has 1 atom stereocenters. The summed E-state index contributed by atoms with van der Waals surface area (Å²) < 4.78 is 5.21. The summed E-state index contributed by atoms with van der Waals surface area (Å²) in [6, 6.07) is 11.4. The number of hydrogen-bond acceptors (Lipinski definition) is 2. The van der Waals surface area contributed by atoms with Gasteiger partial charge in [-0.1, -0.05) is 41.4 Å². The van der Waals surface area contributed by atoms with Crippen molar-refractivity contribution in [1.82, 2.24) is 0 Å². The molecular formula is C15H15Cl2NO. The Hall–Kier alpha value is -1.22. The first-order valence-corrected chi connectivity index (χ1v) is 6.67. The molecule has 0 bridgehead atoms. The number of benzene rings is 2. The molecule has 2 rings (SSSR count). The molecule has 0 heterocycles. The Morgan fingerprint density at radius 2 is 1.63 bits per heavy atom. The van der Waals surface area contributed by atoms with Crippen LogP contribution in [0.15, 0.2) is 36.4 Å². The summed E-state index contributed by atoms with van der Waals surface area (Å²) in [5.74, 6) is 0.645. The number of methoxy groups -OCH3 is 1. The molecule has 2 aromatic carbocycles. The summed E-state index contributed by atoms with van der Waals surface area (Å²) in [6.07, 6.45) is 0. The van der Waals surface area contributed by atoms with Crippen molar-refractivity contribution in [3.8, 4) is 16.9 Å². The summed E-state index contributed by atoms with van der Waals surface area (Å²) >= 11 is 12.3. The molecule has 19 heavy (non-hydrogen) atoms. The highest BCUT2D eigenvalue weighted by Crippen LogP contribution is 2.33. The molecular weight excluding hydrogens is 281 g/mol. The van der Waals surface area contributed by atoms with E-state index in [0.717, 1.165) is 16.7 Å². The van der Waals surface area contributed by atoms with Gasteiger partial charge in [0, 0.05) is 11.1 Å². The molecule has 100 valence electrons. The highest BCUT2D eigenvalue weighted by Gasteiger charge is 2.09. The van der Waals surface area contributed by atoms with Crippen LogP contribution in [0.4, 0.5) is 0 Å². The molecule has 1 unspecified atom stereocenters. The third-order valence-corrected chi connectivity index (χ3v) is 3.62. The fourth-order valence-corrected chi connectivity index (χ4v) is 2.46. The lowest BCUT2D eigenvalue weighted by Crippen LogP contribution is -2.05. The second-order valence-electron chi connectivity index (χ2n) is 4.37. The molecule has 0 fully saturated rings. The Bertz CT molecular complexity index is 597. The average molecular weight is 296 g/mol. The van der Waals surface area contributed by atoms with Gasteiger partial charge in [-0.25, -0.2) is 0 Å². The van der Waals surface area contributed by atoms with Crippen molar-refractivity contribution >= 4 is 23.2 Å². The van der Waals surface area contributed by atoms with Gasteiger partial charge >= 0.3 is 0 Å². The normalized spacial score (nSPS) is 12.3. The number of nitrogens with two attached hydrogens (primary N) is 1. The fourth-order valence-electron chi connectivity index (χ4n) is 1.92. The van der Waals surface area contributed by atoms with Crippen LogP contribution in [-0.2, 0) is 0 Å². The Morgan fingerprint density at radius 3 is 2.21 bits per heavy atom. The van der Waals surface area contributed by atoms with Gasteiger partial charge in [0.25, 0.3) is 0 Å². The molecule has 0 aliphatic heterocycles. The molecule has 2 nitrogen and oxygen atoms in total. The monoisotopic (exact) mass is 295 g/mol. The van der Waals surface area contributed by atoms with E-state index >= 15 is 0 Å². The fraction of sp³-hybridized carbons (Fsp3) is 0.200. The topological polar surface area (TPSA) is 35.2 Å². The van der Waals surface area contributed by atoms with Crippen molar-refractivity contribution < 1.29 is 4.74 Å². The molecule has 0 aliphatic rings. The van der Waals surface area contributed by atoms with Crippen molar-refractivity contribution in [3.63, 3.8) is 0 Å². The molecule has 0 saturated heterocycles. The molecule has 0 aromatic heterocycles. The van der Waals surface area contributed by atoms with Crippen LogP contribution >= 0.6 is 23.2 Å². The van der Waals surface area contributed by atoms with Crippen LogP contribution in [0.2, 0.25) is 10.0 Å². The Morgan fingerprint density at radius 1 is 1.00 bits per heavy atom. The lowest BCUT2D eigenvalue weighted by Gasteiger charge is -2.11. The van der Waals surface area contributed by atoms with E-state index < -0.39 is 0 Å². The van der Waals surface area contributed by atoms with Crippen LogP contribution in [0.3, 0.4) is 0 Å². The SMILES string of the molecule is COc1cc(-c2ccc(C(C)N)c(Cl)c2)ccc1Cl. The van der Waals surface area contributed by atoms with Gasteiger partial charge in [0.1, 0.15) is 5.75 Å². The smallest absolute Gasteiger partial charge is 0.138 e. The van der Waals surface area contributed by atoms with Crippen LogP contribution in [0.5, 0.6) is 5.75 Å². The van der Waals surface area contributed by atoms with E-state index in [2.05, 4.69) is 0 Å². The first-order chi connectivity index (χ1) is 9.02. The van der Waals surface area contributed by atoms with E-state index in [0.29, 0.717) is 15.8 Å². The van der Waals surface area contributed by atoms with Gasteiger partial charge in [0.2, 0.25) is 0 Å². The maximum atomic E-state index is 6.24. The molecule has 0 spiro atoms. The second-order valence-corrected chi connectivity index (χ2v) is 5.19. The molecule has 2 N–H and O–H groups in total. The van der Waals surface area contributed by atoms with E-state index in [1.165, 1.54) is 0 Å². The van der Waals surface area contributed by atoms with E-state index in [1.54, 1.807) is 7.11 Å². The van der Waals surface area contributed by atoms with Gasteiger partial charge < -0.3 is 10.5 Å². The van der Waals surface area contributed by atoms with E-state index in [9.17, 15) is 0 Å². The zero-order valence-electron chi connectivity index (χ0n) is 10.8. The number of ether oxygens (including phenoxy) is 1. The maximum absolute atomic E-state index is 6.24. The van der Waals surface area contributed by atoms with Gasteiger partial charge in [-0.15, -0.1) is 0 Å². The van der Waals surface area contributed by atoms with Crippen LogP contribution in [0, 0.1) is 0 Å². The highest BCUT2D eigenvalue weighted by molar-refractivity contribution is 6.32. The molecule has 4 heteroatoms. The second kappa shape index (κ2) is 5.83. The molecule has 0 saturated carbocycles.